The zero-order valence-corrected chi connectivity index (χ0v) is 11.9. The van der Waals surface area contributed by atoms with Crippen molar-refractivity contribution in [2.75, 3.05) is 0 Å². The average molecular weight is 281 g/mol. The number of aryl methyl sites for hydroxylation is 2. The fourth-order valence-corrected chi connectivity index (χ4v) is 3.71. The van der Waals surface area contributed by atoms with E-state index in [4.69, 9.17) is 0 Å². The first-order chi connectivity index (χ1) is 9.90. The van der Waals surface area contributed by atoms with E-state index in [1.165, 1.54) is 35.2 Å². The molecule has 0 saturated heterocycles. The van der Waals surface area contributed by atoms with Crippen molar-refractivity contribution in [3.05, 3.63) is 46.6 Å². The Kier molecular flexibility index (Phi) is 2.89. The number of hydrogen-bond donors (Lipinski definition) is 1. The number of H-pyrrole nitrogens is 1. The predicted molar refractivity (Wildman–Crippen MR) is 84.3 cm³/mol. The first-order valence-electron chi connectivity index (χ1n) is 6.99. The summed E-state index contributed by atoms with van der Waals surface area (Å²) in [6.07, 6.45) is 8.78. The van der Waals surface area contributed by atoms with Crippen molar-refractivity contribution in [1.29, 1.82) is 0 Å². The molecule has 2 aromatic heterocycles. The molecular formula is C16H15N3S. The molecule has 0 amide bonds. The lowest BCUT2D eigenvalue weighted by Gasteiger charge is -2.06. The van der Waals surface area contributed by atoms with Crippen molar-refractivity contribution in [2.45, 2.75) is 25.7 Å². The second-order valence-electron chi connectivity index (χ2n) is 5.12. The number of aromatic amines is 1. The van der Waals surface area contributed by atoms with Gasteiger partial charge in [-0.3, -0.25) is 0 Å². The summed E-state index contributed by atoms with van der Waals surface area (Å²) in [4.78, 5) is 13.9. The highest BCUT2D eigenvalue weighted by molar-refractivity contribution is 7.15. The molecule has 0 saturated carbocycles. The van der Waals surface area contributed by atoms with Crippen LogP contribution in [0, 0.1) is 0 Å². The third-order valence-electron chi connectivity index (χ3n) is 3.77. The first-order valence-corrected chi connectivity index (χ1v) is 7.80. The van der Waals surface area contributed by atoms with Crippen molar-refractivity contribution < 1.29 is 0 Å². The number of aromatic nitrogens is 2. The van der Waals surface area contributed by atoms with Gasteiger partial charge in [-0.25, -0.2) is 9.98 Å². The van der Waals surface area contributed by atoms with E-state index in [9.17, 15) is 0 Å². The number of rotatable bonds is 2. The topological polar surface area (TPSA) is 41.0 Å². The van der Waals surface area contributed by atoms with Gasteiger partial charge in [0, 0.05) is 33.8 Å². The van der Waals surface area contributed by atoms with E-state index in [-0.39, 0.29) is 0 Å². The Morgan fingerprint density at radius 1 is 1.20 bits per heavy atom. The standard InChI is InChI=1S/C16H15N3S/c1-2-6-13-12(5-1)11(9-17-13)10-18-16-19-14-7-3-4-8-15(14)20-16/h1-2,5-6,9-10,17H,3-4,7-8H2. The molecule has 1 N–H and O–H groups in total. The Hall–Kier alpha value is -1.94. The molecule has 1 aliphatic carbocycles. The molecular weight excluding hydrogens is 266 g/mol. The molecule has 0 radical (unpaired) electrons. The fraction of sp³-hybridized carbons (Fsp3) is 0.250. The normalized spacial score (nSPS) is 15.0. The summed E-state index contributed by atoms with van der Waals surface area (Å²) in [7, 11) is 0. The van der Waals surface area contributed by atoms with Gasteiger partial charge in [-0.2, -0.15) is 0 Å². The maximum Gasteiger partial charge on any atom is 0.209 e. The third kappa shape index (κ3) is 2.06. The molecule has 1 aromatic carbocycles. The number of benzene rings is 1. The molecule has 1 aliphatic rings. The van der Waals surface area contributed by atoms with Crippen LogP contribution in [0.15, 0.2) is 35.5 Å². The Morgan fingerprint density at radius 3 is 3.05 bits per heavy atom. The Balaban J connectivity index is 1.66. The van der Waals surface area contributed by atoms with E-state index in [0.29, 0.717) is 0 Å². The maximum absolute atomic E-state index is 4.64. The van der Waals surface area contributed by atoms with Gasteiger partial charge >= 0.3 is 0 Å². The third-order valence-corrected chi connectivity index (χ3v) is 4.84. The van der Waals surface area contributed by atoms with Gasteiger partial charge in [0.1, 0.15) is 0 Å². The van der Waals surface area contributed by atoms with Crippen LogP contribution in [0.3, 0.4) is 0 Å². The van der Waals surface area contributed by atoms with Gasteiger partial charge in [-0.05, 0) is 31.7 Å². The van der Waals surface area contributed by atoms with Crippen molar-refractivity contribution in [1.82, 2.24) is 9.97 Å². The minimum Gasteiger partial charge on any atom is -0.361 e. The molecule has 0 atom stereocenters. The van der Waals surface area contributed by atoms with E-state index in [1.807, 2.05) is 18.5 Å². The molecule has 20 heavy (non-hydrogen) atoms. The molecule has 4 heteroatoms. The molecule has 4 rings (SSSR count). The van der Waals surface area contributed by atoms with Gasteiger partial charge in [0.25, 0.3) is 0 Å². The van der Waals surface area contributed by atoms with Gasteiger partial charge in [0.2, 0.25) is 5.13 Å². The summed E-state index contributed by atoms with van der Waals surface area (Å²) < 4.78 is 0. The zero-order chi connectivity index (χ0) is 13.4. The summed E-state index contributed by atoms with van der Waals surface area (Å²) in [5, 5.41) is 2.10. The van der Waals surface area contributed by atoms with Crippen molar-refractivity contribution >= 4 is 33.6 Å². The van der Waals surface area contributed by atoms with Crippen LogP contribution in [0.1, 0.15) is 29.0 Å². The van der Waals surface area contributed by atoms with Crippen LogP contribution < -0.4 is 0 Å². The van der Waals surface area contributed by atoms with Crippen molar-refractivity contribution in [3.8, 4) is 0 Å². The molecule has 0 spiro atoms. The lowest BCUT2D eigenvalue weighted by atomic mass is 10.0. The zero-order valence-electron chi connectivity index (χ0n) is 11.1. The summed E-state index contributed by atoms with van der Waals surface area (Å²) in [5.41, 5.74) is 3.54. The van der Waals surface area contributed by atoms with Gasteiger partial charge in [0.05, 0.1) is 5.69 Å². The molecule has 0 bridgehead atoms. The van der Waals surface area contributed by atoms with Crippen molar-refractivity contribution in [2.24, 2.45) is 4.99 Å². The molecule has 3 nitrogen and oxygen atoms in total. The van der Waals surface area contributed by atoms with E-state index in [0.717, 1.165) is 22.6 Å². The lowest BCUT2D eigenvalue weighted by molar-refractivity contribution is 0.682. The van der Waals surface area contributed by atoms with Crippen molar-refractivity contribution in [3.63, 3.8) is 0 Å². The maximum atomic E-state index is 4.64. The van der Waals surface area contributed by atoms with Crippen LogP contribution in [0.2, 0.25) is 0 Å². The van der Waals surface area contributed by atoms with Crippen LogP contribution in [0.4, 0.5) is 5.13 Å². The summed E-state index contributed by atoms with van der Waals surface area (Å²) in [5.74, 6) is 0. The molecule has 0 aliphatic heterocycles. The van der Waals surface area contributed by atoms with Crippen LogP contribution in [0.25, 0.3) is 10.9 Å². The number of fused-ring (bicyclic) bond motifs is 2. The van der Waals surface area contributed by atoms with Gasteiger partial charge < -0.3 is 4.98 Å². The lowest BCUT2D eigenvalue weighted by Crippen LogP contribution is -1.98. The fourth-order valence-electron chi connectivity index (χ4n) is 2.72. The molecule has 2 heterocycles. The quantitative estimate of drug-likeness (QED) is 0.701. The minimum atomic E-state index is 0.891. The summed E-state index contributed by atoms with van der Waals surface area (Å²) in [6.45, 7) is 0. The van der Waals surface area contributed by atoms with Crippen LogP contribution in [-0.2, 0) is 12.8 Å². The first kappa shape index (κ1) is 11.9. The van der Waals surface area contributed by atoms with E-state index < -0.39 is 0 Å². The number of para-hydroxylation sites is 1. The second-order valence-corrected chi connectivity index (χ2v) is 6.18. The number of aliphatic imine (C=N–C) groups is 1. The van der Waals surface area contributed by atoms with Gasteiger partial charge in [-0.1, -0.05) is 29.5 Å². The minimum absolute atomic E-state index is 0.891. The van der Waals surface area contributed by atoms with E-state index in [2.05, 4.69) is 33.2 Å². The van der Waals surface area contributed by atoms with E-state index in [1.54, 1.807) is 11.3 Å². The Bertz CT molecular complexity index is 758. The predicted octanol–water partition coefficient (Wildman–Crippen LogP) is 4.25. The number of hydrogen-bond acceptors (Lipinski definition) is 3. The van der Waals surface area contributed by atoms with Gasteiger partial charge in [-0.15, -0.1) is 0 Å². The van der Waals surface area contributed by atoms with Crippen LogP contribution in [-0.4, -0.2) is 16.2 Å². The number of nitrogens with one attached hydrogen (secondary N) is 1. The molecule has 0 fully saturated rings. The van der Waals surface area contributed by atoms with Crippen LogP contribution >= 0.6 is 11.3 Å². The summed E-state index contributed by atoms with van der Waals surface area (Å²) in [6, 6.07) is 8.28. The summed E-state index contributed by atoms with van der Waals surface area (Å²) >= 11 is 1.74. The van der Waals surface area contributed by atoms with Gasteiger partial charge in [0.15, 0.2) is 0 Å². The van der Waals surface area contributed by atoms with Crippen LogP contribution in [0.5, 0.6) is 0 Å². The molecule has 100 valence electrons. The average Bonchev–Trinajstić information content (AvgIpc) is 3.08. The SMILES string of the molecule is C(=Nc1nc2c(s1)CCCC2)c1c[nH]c2ccccc12. The smallest absolute Gasteiger partial charge is 0.209 e. The highest BCUT2D eigenvalue weighted by atomic mass is 32.1. The highest BCUT2D eigenvalue weighted by Gasteiger charge is 2.14. The Labute approximate surface area is 121 Å². The molecule has 3 aromatic rings. The monoisotopic (exact) mass is 281 g/mol. The second kappa shape index (κ2) is 4.87. The largest absolute Gasteiger partial charge is 0.361 e. The highest BCUT2D eigenvalue weighted by Crippen LogP contribution is 2.31. The Morgan fingerprint density at radius 2 is 2.10 bits per heavy atom. The number of nitrogens with zero attached hydrogens (tertiary/aromatic N) is 2. The molecule has 0 unspecified atom stereocenters. The van der Waals surface area contributed by atoms with E-state index >= 15 is 0 Å². The number of thiazole rings is 1.